The van der Waals surface area contributed by atoms with Crippen molar-refractivity contribution in [3.8, 4) is 0 Å². The molecule has 0 unspecified atom stereocenters. The Labute approximate surface area is 193 Å². The number of nitrogens with one attached hydrogen (secondary N) is 1. The van der Waals surface area contributed by atoms with Gasteiger partial charge in [0.15, 0.2) is 0 Å². The van der Waals surface area contributed by atoms with Gasteiger partial charge in [-0.2, -0.15) is 5.10 Å². The van der Waals surface area contributed by atoms with Crippen molar-refractivity contribution in [1.82, 2.24) is 5.43 Å². The van der Waals surface area contributed by atoms with E-state index >= 15 is 0 Å². The summed E-state index contributed by atoms with van der Waals surface area (Å²) in [7, 11) is -3.67. The Morgan fingerprint density at radius 1 is 0.939 bits per heavy atom. The van der Waals surface area contributed by atoms with Crippen molar-refractivity contribution in [2.45, 2.75) is 13.8 Å². The lowest BCUT2D eigenvalue weighted by atomic mass is 9.97. The van der Waals surface area contributed by atoms with E-state index < -0.39 is 15.9 Å². The fraction of sp³-hybridized carbons (Fsp3) is 0.154. The second kappa shape index (κ2) is 9.03. The molecule has 4 aromatic carbocycles. The van der Waals surface area contributed by atoms with Crippen LogP contribution < -0.4 is 9.73 Å². The molecule has 0 radical (unpaired) electrons. The van der Waals surface area contributed by atoms with Crippen LogP contribution in [0.25, 0.3) is 21.5 Å². The molecule has 168 valence electrons. The van der Waals surface area contributed by atoms with Gasteiger partial charge in [0, 0.05) is 5.56 Å². The Balaban J connectivity index is 1.61. The van der Waals surface area contributed by atoms with Crippen LogP contribution in [0.1, 0.15) is 16.7 Å². The van der Waals surface area contributed by atoms with Gasteiger partial charge in [-0.1, -0.05) is 60.7 Å². The highest BCUT2D eigenvalue weighted by Gasteiger charge is 2.22. The van der Waals surface area contributed by atoms with Gasteiger partial charge < -0.3 is 0 Å². The second-order valence-corrected chi connectivity index (χ2v) is 9.92. The standard InChI is InChI=1S/C26H25N3O3S/c1-18-9-8-14-25(19(18)2)29(33(3,31)32)17-26(30)28-27-16-24-22-12-6-4-10-20(22)15-21-11-5-7-13-23(21)24/h4-16H,17H2,1-3H3,(H,28,30). The number of anilines is 1. The predicted molar refractivity (Wildman–Crippen MR) is 135 cm³/mol. The average molecular weight is 460 g/mol. The third-order valence-corrected chi connectivity index (χ3v) is 6.85. The maximum absolute atomic E-state index is 12.7. The first-order chi connectivity index (χ1) is 15.8. The van der Waals surface area contributed by atoms with E-state index in [2.05, 4.69) is 16.6 Å². The van der Waals surface area contributed by atoms with E-state index in [1.54, 1.807) is 18.3 Å². The van der Waals surface area contributed by atoms with Crippen LogP contribution in [-0.4, -0.2) is 33.3 Å². The van der Waals surface area contributed by atoms with Crippen molar-refractivity contribution in [2.75, 3.05) is 17.1 Å². The van der Waals surface area contributed by atoms with E-state index in [4.69, 9.17) is 0 Å². The maximum atomic E-state index is 12.7. The highest BCUT2D eigenvalue weighted by Crippen LogP contribution is 2.27. The molecule has 4 rings (SSSR count). The van der Waals surface area contributed by atoms with Crippen LogP contribution in [0, 0.1) is 13.8 Å². The molecular formula is C26H25N3O3S. The molecule has 0 heterocycles. The number of aryl methyl sites for hydroxylation is 1. The highest BCUT2D eigenvalue weighted by molar-refractivity contribution is 7.92. The van der Waals surface area contributed by atoms with Gasteiger partial charge in [0.2, 0.25) is 10.0 Å². The number of sulfonamides is 1. The fourth-order valence-corrected chi connectivity index (χ4v) is 4.82. The van der Waals surface area contributed by atoms with Gasteiger partial charge in [-0.05, 0) is 58.7 Å². The van der Waals surface area contributed by atoms with Gasteiger partial charge in [0.25, 0.3) is 5.91 Å². The summed E-state index contributed by atoms with van der Waals surface area (Å²) in [6.07, 6.45) is 2.71. The lowest BCUT2D eigenvalue weighted by Gasteiger charge is -2.23. The molecule has 1 amide bonds. The molecule has 0 aliphatic heterocycles. The van der Waals surface area contributed by atoms with Gasteiger partial charge in [0.1, 0.15) is 6.54 Å². The minimum absolute atomic E-state index is 0.364. The molecule has 0 saturated heterocycles. The SMILES string of the molecule is Cc1cccc(N(CC(=O)NN=Cc2c3ccccc3cc3ccccc23)S(C)(=O)=O)c1C. The lowest BCUT2D eigenvalue weighted by Crippen LogP contribution is -2.39. The maximum Gasteiger partial charge on any atom is 0.260 e. The number of carbonyl (C=O) groups excluding carboxylic acids is 1. The average Bonchev–Trinajstić information content (AvgIpc) is 2.78. The molecule has 7 heteroatoms. The van der Waals surface area contributed by atoms with Gasteiger partial charge in [-0.25, -0.2) is 13.8 Å². The zero-order valence-corrected chi connectivity index (χ0v) is 19.6. The normalized spacial score (nSPS) is 11.8. The first-order valence-electron chi connectivity index (χ1n) is 10.5. The minimum atomic E-state index is -3.67. The topological polar surface area (TPSA) is 78.8 Å². The number of amides is 1. The second-order valence-electron chi connectivity index (χ2n) is 8.01. The van der Waals surface area contributed by atoms with Crippen molar-refractivity contribution in [2.24, 2.45) is 5.10 Å². The molecule has 0 aromatic heterocycles. The first kappa shape index (κ1) is 22.5. The molecule has 0 aliphatic rings. The van der Waals surface area contributed by atoms with Crippen LogP contribution in [0.2, 0.25) is 0 Å². The van der Waals surface area contributed by atoms with Crippen LogP contribution in [-0.2, 0) is 14.8 Å². The number of hydrogen-bond donors (Lipinski definition) is 1. The van der Waals surface area contributed by atoms with Gasteiger partial charge in [0.05, 0.1) is 18.2 Å². The van der Waals surface area contributed by atoms with E-state index in [1.165, 1.54) is 0 Å². The molecule has 0 aliphatic carbocycles. The number of hydrogen-bond acceptors (Lipinski definition) is 4. The van der Waals surface area contributed by atoms with Crippen LogP contribution in [0.5, 0.6) is 0 Å². The summed E-state index contributed by atoms with van der Waals surface area (Å²) in [4.78, 5) is 12.7. The molecule has 0 bridgehead atoms. The quantitative estimate of drug-likeness (QED) is 0.261. The molecule has 4 aromatic rings. The Hall–Kier alpha value is -3.71. The Kier molecular flexibility index (Phi) is 6.16. The van der Waals surface area contributed by atoms with Crippen LogP contribution in [0.4, 0.5) is 5.69 Å². The summed E-state index contributed by atoms with van der Waals surface area (Å²) >= 11 is 0. The first-order valence-corrected chi connectivity index (χ1v) is 12.4. The van der Waals surface area contributed by atoms with Crippen LogP contribution in [0.15, 0.2) is 77.9 Å². The summed E-state index contributed by atoms with van der Waals surface area (Å²) in [5, 5.41) is 8.34. The smallest absolute Gasteiger partial charge is 0.260 e. The van der Waals surface area contributed by atoms with E-state index in [1.807, 2.05) is 68.4 Å². The number of nitrogens with zero attached hydrogens (tertiary/aromatic N) is 2. The number of hydrazone groups is 1. The Bertz CT molecular complexity index is 1440. The van der Waals surface area contributed by atoms with Gasteiger partial charge in [-0.3, -0.25) is 9.10 Å². The van der Waals surface area contributed by atoms with Crippen molar-refractivity contribution in [3.63, 3.8) is 0 Å². The number of rotatable bonds is 6. The molecule has 6 nitrogen and oxygen atoms in total. The lowest BCUT2D eigenvalue weighted by molar-refractivity contribution is -0.119. The molecule has 0 spiro atoms. The van der Waals surface area contributed by atoms with Crippen molar-refractivity contribution in [3.05, 3.63) is 89.5 Å². The summed E-state index contributed by atoms with van der Waals surface area (Å²) in [6, 6.07) is 23.5. The van der Waals surface area contributed by atoms with E-state index in [-0.39, 0.29) is 6.54 Å². The largest absolute Gasteiger partial charge is 0.271 e. The third kappa shape index (κ3) is 4.73. The highest BCUT2D eigenvalue weighted by atomic mass is 32.2. The molecule has 33 heavy (non-hydrogen) atoms. The van der Waals surface area contributed by atoms with Crippen LogP contribution >= 0.6 is 0 Å². The van der Waals surface area contributed by atoms with Gasteiger partial charge >= 0.3 is 0 Å². The third-order valence-electron chi connectivity index (χ3n) is 5.73. The summed E-state index contributed by atoms with van der Waals surface area (Å²) in [6.45, 7) is 3.37. The summed E-state index contributed by atoms with van der Waals surface area (Å²) in [5.41, 5.74) is 5.62. The molecule has 0 fully saturated rings. The summed E-state index contributed by atoms with van der Waals surface area (Å²) < 4.78 is 26.0. The Morgan fingerprint density at radius 2 is 1.55 bits per heavy atom. The molecule has 1 N–H and O–H groups in total. The van der Waals surface area contributed by atoms with Gasteiger partial charge in [-0.15, -0.1) is 0 Å². The number of carbonyl (C=O) groups is 1. The van der Waals surface area contributed by atoms with Crippen molar-refractivity contribution >= 4 is 49.4 Å². The number of benzene rings is 4. The van der Waals surface area contributed by atoms with Crippen LogP contribution in [0.3, 0.4) is 0 Å². The Morgan fingerprint density at radius 3 is 2.15 bits per heavy atom. The molecule has 0 saturated carbocycles. The van der Waals surface area contributed by atoms with Crippen molar-refractivity contribution < 1.29 is 13.2 Å². The predicted octanol–water partition coefficient (Wildman–Crippen LogP) is 4.53. The van der Waals surface area contributed by atoms with E-state index in [9.17, 15) is 13.2 Å². The van der Waals surface area contributed by atoms with E-state index in [0.29, 0.717) is 5.69 Å². The zero-order valence-electron chi connectivity index (χ0n) is 18.7. The minimum Gasteiger partial charge on any atom is -0.271 e. The molecule has 0 atom stereocenters. The summed E-state index contributed by atoms with van der Waals surface area (Å²) in [5.74, 6) is -0.526. The molecular weight excluding hydrogens is 434 g/mol. The van der Waals surface area contributed by atoms with E-state index in [0.717, 1.165) is 48.8 Å². The monoisotopic (exact) mass is 459 g/mol. The fourth-order valence-electron chi connectivity index (χ4n) is 3.91. The zero-order chi connectivity index (χ0) is 23.6. The van der Waals surface area contributed by atoms with Crippen molar-refractivity contribution in [1.29, 1.82) is 0 Å². The number of fused-ring (bicyclic) bond motifs is 2.